The molecule has 0 heterocycles. The molecule has 1 unspecified atom stereocenters. The molecule has 1 aromatic rings. The van der Waals surface area contributed by atoms with Crippen molar-refractivity contribution in [3.63, 3.8) is 0 Å². The molecule has 0 fully saturated rings. The second-order valence-electron chi connectivity index (χ2n) is 3.68. The van der Waals surface area contributed by atoms with Gasteiger partial charge in [-0.15, -0.1) is 11.8 Å². The Bertz CT molecular complexity index is 322. The molecule has 4 heteroatoms. The van der Waals surface area contributed by atoms with E-state index in [4.69, 9.17) is 16.3 Å². The van der Waals surface area contributed by atoms with Gasteiger partial charge in [0.05, 0.1) is 6.61 Å². The quantitative estimate of drug-likeness (QED) is 0.733. The number of hydrogen-bond donors (Lipinski definition) is 1. The predicted molar refractivity (Wildman–Crippen MR) is 76.1 cm³/mol. The lowest BCUT2D eigenvalue weighted by molar-refractivity contribution is 0.129. The number of thioether (sulfide) groups is 1. The van der Waals surface area contributed by atoms with E-state index in [0.29, 0.717) is 6.04 Å². The molecule has 0 aliphatic heterocycles. The number of benzene rings is 1. The number of ether oxygens (including phenoxy) is 1. The zero-order valence-corrected chi connectivity index (χ0v) is 12.0. The van der Waals surface area contributed by atoms with E-state index in [1.54, 1.807) is 11.8 Å². The summed E-state index contributed by atoms with van der Waals surface area (Å²) in [5.41, 5.74) is 0. The Kier molecular flexibility index (Phi) is 7.69. The van der Waals surface area contributed by atoms with Gasteiger partial charge in [0.25, 0.3) is 0 Å². The van der Waals surface area contributed by atoms with Gasteiger partial charge < -0.3 is 10.1 Å². The summed E-state index contributed by atoms with van der Waals surface area (Å²) in [6, 6.07) is 8.35. The summed E-state index contributed by atoms with van der Waals surface area (Å²) >= 11 is 7.76. The summed E-state index contributed by atoms with van der Waals surface area (Å²) in [5, 5.41) is 4.21. The summed E-state index contributed by atoms with van der Waals surface area (Å²) in [6.07, 6.45) is 0. The highest BCUT2D eigenvalue weighted by Crippen LogP contribution is 2.22. The average molecular weight is 274 g/mol. The monoisotopic (exact) mass is 273 g/mol. The molecule has 0 aromatic heterocycles. The van der Waals surface area contributed by atoms with Crippen LogP contribution in [0.25, 0.3) is 0 Å². The third kappa shape index (κ3) is 6.32. The van der Waals surface area contributed by atoms with E-state index in [2.05, 4.69) is 18.3 Å². The smallest absolute Gasteiger partial charge is 0.0627 e. The Morgan fingerprint density at radius 3 is 2.88 bits per heavy atom. The van der Waals surface area contributed by atoms with Gasteiger partial charge in [-0.2, -0.15) is 0 Å². The molecular formula is C13H20ClNOS. The van der Waals surface area contributed by atoms with E-state index in [1.165, 1.54) is 4.90 Å². The summed E-state index contributed by atoms with van der Waals surface area (Å²) < 4.78 is 5.46. The summed E-state index contributed by atoms with van der Waals surface area (Å²) in [4.78, 5) is 1.21. The van der Waals surface area contributed by atoms with Crippen LogP contribution in [0.15, 0.2) is 29.2 Å². The average Bonchev–Trinajstić information content (AvgIpc) is 2.33. The Hall–Kier alpha value is -0.220. The summed E-state index contributed by atoms with van der Waals surface area (Å²) in [7, 11) is 0. The number of likely N-dealkylation sites (N-methyl/N-ethyl adjacent to an activating group) is 1. The highest BCUT2D eigenvalue weighted by atomic mass is 35.5. The first kappa shape index (κ1) is 14.8. The molecule has 0 amide bonds. The van der Waals surface area contributed by atoms with Crippen LogP contribution in [0.4, 0.5) is 0 Å². The summed E-state index contributed by atoms with van der Waals surface area (Å²) in [5.74, 6) is 0.994. The molecule has 17 heavy (non-hydrogen) atoms. The van der Waals surface area contributed by atoms with Crippen LogP contribution in [0.5, 0.6) is 0 Å². The van der Waals surface area contributed by atoms with Gasteiger partial charge in [-0.05, 0) is 31.7 Å². The highest BCUT2D eigenvalue weighted by molar-refractivity contribution is 7.99. The Morgan fingerprint density at radius 2 is 2.24 bits per heavy atom. The third-order valence-corrected chi connectivity index (χ3v) is 3.65. The van der Waals surface area contributed by atoms with Crippen LogP contribution >= 0.6 is 23.4 Å². The second kappa shape index (κ2) is 8.81. The molecule has 0 aliphatic carbocycles. The van der Waals surface area contributed by atoms with Gasteiger partial charge in [0.15, 0.2) is 0 Å². The van der Waals surface area contributed by atoms with Crippen molar-refractivity contribution in [2.45, 2.75) is 24.8 Å². The number of rotatable bonds is 8. The van der Waals surface area contributed by atoms with Crippen molar-refractivity contribution in [1.82, 2.24) is 5.32 Å². The van der Waals surface area contributed by atoms with Crippen LogP contribution in [0, 0.1) is 0 Å². The van der Waals surface area contributed by atoms with Crippen molar-refractivity contribution in [2.24, 2.45) is 0 Å². The van der Waals surface area contributed by atoms with Crippen molar-refractivity contribution in [1.29, 1.82) is 0 Å². The fourth-order valence-corrected chi connectivity index (χ4v) is 2.72. The largest absolute Gasteiger partial charge is 0.380 e. The molecule has 2 nitrogen and oxygen atoms in total. The first-order valence-corrected chi connectivity index (χ1v) is 7.32. The van der Waals surface area contributed by atoms with Crippen molar-refractivity contribution in [3.05, 3.63) is 29.3 Å². The lowest BCUT2D eigenvalue weighted by Gasteiger charge is -2.17. The molecule has 96 valence electrons. The molecule has 0 bridgehead atoms. The molecule has 0 spiro atoms. The van der Waals surface area contributed by atoms with E-state index in [9.17, 15) is 0 Å². The maximum Gasteiger partial charge on any atom is 0.0627 e. The first-order valence-electron chi connectivity index (χ1n) is 5.95. The van der Waals surface area contributed by atoms with E-state index >= 15 is 0 Å². The topological polar surface area (TPSA) is 21.3 Å². The van der Waals surface area contributed by atoms with Crippen LogP contribution in [0.1, 0.15) is 13.8 Å². The van der Waals surface area contributed by atoms with Gasteiger partial charge in [0.1, 0.15) is 0 Å². The molecule has 0 radical (unpaired) electrons. The lowest BCUT2D eigenvalue weighted by Crippen LogP contribution is -2.35. The van der Waals surface area contributed by atoms with Crippen molar-refractivity contribution >= 4 is 23.4 Å². The zero-order chi connectivity index (χ0) is 12.5. The fraction of sp³-hybridized carbons (Fsp3) is 0.538. The van der Waals surface area contributed by atoms with Crippen molar-refractivity contribution in [2.75, 3.05) is 25.5 Å². The van der Waals surface area contributed by atoms with E-state index in [1.807, 2.05) is 25.1 Å². The molecular weight excluding hydrogens is 254 g/mol. The minimum atomic E-state index is 0.393. The number of halogens is 1. The van der Waals surface area contributed by atoms with Crippen molar-refractivity contribution < 1.29 is 4.74 Å². The second-order valence-corrected chi connectivity index (χ2v) is 5.21. The zero-order valence-electron chi connectivity index (χ0n) is 10.4. The van der Waals surface area contributed by atoms with Crippen LogP contribution in [0.3, 0.4) is 0 Å². The Labute approximate surface area is 113 Å². The highest BCUT2D eigenvalue weighted by Gasteiger charge is 2.07. The molecule has 1 rings (SSSR count). The van der Waals surface area contributed by atoms with Gasteiger partial charge >= 0.3 is 0 Å². The molecule has 0 saturated carbocycles. The van der Waals surface area contributed by atoms with E-state index in [-0.39, 0.29) is 0 Å². The standard InChI is InChI=1S/C13H20ClNOS/c1-3-15-12(9-16-4-2)10-17-13-7-5-6-11(14)8-13/h5-8,12,15H,3-4,9-10H2,1-2H3. The molecule has 0 aliphatic rings. The van der Waals surface area contributed by atoms with E-state index < -0.39 is 0 Å². The molecule has 1 N–H and O–H groups in total. The Morgan fingerprint density at radius 1 is 1.41 bits per heavy atom. The Balaban J connectivity index is 2.39. The fourth-order valence-electron chi connectivity index (χ4n) is 1.47. The molecule has 0 saturated heterocycles. The first-order chi connectivity index (χ1) is 8.26. The SMILES string of the molecule is CCNC(COCC)CSc1cccc(Cl)c1. The van der Waals surface area contributed by atoms with Crippen LogP contribution in [-0.4, -0.2) is 31.6 Å². The normalized spacial score (nSPS) is 12.6. The molecule has 1 atom stereocenters. The van der Waals surface area contributed by atoms with Crippen LogP contribution < -0.4 is 5.32 Å². The van der Waals surface area contributed by atoms with E-state index in [0.717, 1.165) is 30.5 Å². The van der Waals surface area contributed by atoms with Crippen molar-refractivity contribution in [3.8, 4) is 0 Å². The summed E-state index contributed by atoms with van der Waals surface area (Å²) in [6.45, 7) is 6.63. The maximum absolute atomic E-state index is 5.95. The maximum atomic E-state index is 5.95. The third-order valence-electron chi connectivity index (χ3n) is 2.26. The van der Waals surface area contributed by atoms with Crippen LogP contribution in [-0.2, 0) is 4.74 Å². The minimum absolute atomic E-state index is 0.393. The van der Waals surface area contributed by atoms with Gasteiger partial charge in [0.2, 0.25) is 0 Å². The van der Waals surface area contributed by atoms with Gasteiger partial charge in [-0.1, -0.05) is 24.6 Å². The molecule has 1 aromatic carbocycles. The predicted octanol–water partition coefficient (Wildman–Crippen LogP) is 3.45. The number of hydrogen-bond acceptors (Lipinski definition) is 3. The van der Waals surface area contributed by atoms with Gasteiger partial charge in [-0.3, -0.25) is 0 Å². The van der Waals surface area contributed by atoms with Gasteiger partial charge in [-0.25, -0.2) is 0 Å². The van der Waals surface area contributed by atoms with Gasteiger partial charge in [0, 0.05) is 28.3 Å². The lowest BCUT2D eigenvalue weighted by atomic mass is 10.3. The van der Waals surface area contributed by atoms with Crippen LogP contribution in [0.2, 0.25) is 5.02 Å². The number of nitrogens with one attached hydrogen (secondary N) is 1. The minimum Gasteiger partial charge on any atom is -0.380 e.